The average Bonchev–Trinajstić information content (AvgIpc) is 2.38. The zero-order valence-electron chi connectivity index (χ0n) is 12.1. The van der Waals surface area contributed by atoms with E-state index in [-0.39, 0.29) is 11.9 Å². The molecule has 1 saturated heterocycles. The zero-order valence-corrected chi connectivity index (χ0v) is 12.1. The topological polar surface area (TPSA) is 32.5 Å². The number of hydrogen-bond donors (Lipinski definition) is 1. The minimum atomic E-state index is -0.159. The number of anilines is 1. The molecule has 0 aromatic heterocycles. The first-order valence-corrected chi connectivity index (χ1v) is 7.03. The quantitative estimate of drug-likeness (QED) is 0.910. The fourth-order valence-electron chi connectivity index (χ4n) is 2.69. The van der Waals surface area contributed by atoms with Crippen LogP contribution in [0, 0.1) is 5.82 Å². The van der Waals surface area contributed by atoms with Crippen molar-refractivity contribution in [1.82, 2.24) is 4.90 Å². The van der Waals surface area contributed by atoms with Crippen LogP contribution < -0.4 is 10.6 Å². The molecule has 4 heteroatoms. The lowest BCUT2D eigenvalue weighted by Gasteiger charge is -2.39. The van der Waals surface area contributed by atoms with Crippen LogP contribution >= 0.6 is 0 Å². The van der Waals surface area contributed by atoms with Gasteiger partial charge in [0.05, 0.1) is 5.69 Å². The van der Waals surface area contributed by atoms with E-state index in [4.69, 9.17) is 5.73 Å². The molecule has 19 heavy (non-hydrogen) atoms. The van der Waals surface area contributed by atoms with E-state index < -0.39 is 0 Å². The lowest BCUT2D eigenvalue weighted by Crippen LogP contribution is -2.49. The van der Waals surface area contributed by atoms with Gasteiger partial charge in [0.25, 0.3) is 0 Å². The van der Waals surface area contributed by atoms with Gasteiger partial charge in [0, 0.05) is 38.3 Å². The van der Waals surface area contributed by atoms with Crippen molar-refractivity contribution in [3.8, 4) is 0 Å². The average molecular weight is 265 g/mol. The summed E-state index contributed by atoms with van der Waals surface area (Å²) in [5, 5.41) is 0. The van der Waals surface area contributed by atoms with E-state index in [9.17, 15) is 4.39 Å². The molecule has 2 N–H and O–H groups in total. The molecule has 1 aliphatic heterocycles. The van der Waals surface area contributed by atoms with Crippen LogP contribution in [0.1, 0.15) is 32.4 Å². The molecule has 0 bridgehead atoms. The molecule has 1 aromatic carbocycles. The molecule has 3 nitrogen and oxygen atoms in total. The van der Waals surface area contributed by atoms with Gasteiger partial charge in [-0.3, -0.25) is 4.90 Å². The number of para-hydroxylation sites is 1. The van der Waals surface area contributed by atoms with Crippen molar-refractivity contribution in [2.75, 3.05) is 31.1 Å². The summed E-state index contributed by atoms with van der Waals surface area (Å²) in [5.74, 6) is -0.159. The number of piperazine rings is 1. The van der Waals surface area contributed by atoms with E-state index in [0.29, 0.717) is 11.7 Å². The molecule has 106 valence electrons. The summed E-state index contributed by atoms with van der Waals surface area (Å²) in [7, 11) is 0. The molecule has 0 unspecified atom stereocenters. The normalized spacial score (nSPS) is 18.9. The fraction of sp³-hybridized carbons (Fsp3) is 0.600. The Bertz CT molecular complexity index is 423. The van der Waals surface area contributed by atoms with Gasteiger partial charge in [0.15, 0.2) is 0 Å². The third-order valence-electron chi connectivity index (χ3n) is 3.87. The van der Waals surface area contributed by atoms with Crippen LogP contribution in [0.4, 0.5) is 10.1 Å². The Morgan fingerprint density at radius 1 is 1.11 bits per heavy atom. The summed E-state index contributed by atoms with van der Waals surface area (Å²) in [6, 6.07) is 5.60. The van der Waals surface area contributed by atoms with Crippen molar-refractivity contribution in [3.05, 3.63) is 29.6 Å². The number of hydrogen-bond acceptors (Lipinski definition) is 3. The molecular formula is C15H24FN3. The third kappa shape index (κ3) is 3.07. The Kier molecular flexibility index (Phi) is 4.42. The van der Waals surface area contributed by atoms with Gasteiger partial charge in [-0.15, -0.1) is 0 Å². The lowest BCUT2D eigenvalue weighted by molar-refractivity contribution is 0.209. The molecule has 1 heterocycles. The van der Waals surface area contributed by atoms with E-state index in [1.165, 1.54) is 6.07 Å². The number of halogens is 1. The number of benzene rings is 1. The van der Waals surface area contributed by atoms with Gasteiger partial charge in [-0.1, -0.05) is 12.1 Å². The van der Waals surface area contributed by atoms with Gasteiger partial charge in [-0.2, -0.15) is 0 Å². The van der Waals surface area contributed by atoms with Crippen molar-refractivity contribution < 1.29 is 4.39 Å². The first-order valence-electron chi connectivity index (χ1n) is 7.03. The van der Waals surface area contributed by atoms with Crippen LogP contribution in [0.2, 0.25) is 0 Å². The maximum absolute atomic E-state index is 14.1. The molecule has 2 rings (SSSR count). The summed E-state index contributed by atoms with van der Waals surface area (Å²) in [6.45, 7) is 9.98. The second kappa shape index (κ2) is 5.88. The highest BCUT2D eigenvalue weighted by Crippen LogP contribution is 2.29. The SMILES string of the molecule is CC(C)N1CCN(c2c(F)cccc2[C@H](C)N)CC1. The second-order valence-corrected chi connectivity index (χ2v) is 5.58. The predicted molar refractivity (Wildman–Crippen MR) is 77.9 cm³/mol. The van der Waals surface area contributed by atoms with Crippen LogP contribution in [0.15, 0.2) is 18.2 Å². The van der Waals surface area contributed by atoms with E-state index in [1.54, 1.807) is 6.07 Å². The van der Waals surface area contributed by atoms with Gasteiger partial charge in [0.2, 0.25) is 0 Å². The van der Waals surface area contributed by atoms with Crippen LogP contribution in [0.25, 0.3) is 0 Å². The molecule has 1 aromatic rings. The summed E-state index contributed by atoms with van der Waals surface area (Å²) in [4.78, 5) is 4.55. The second-order valence-electron chi connectivity index (χ2n) is 5.58. The Balaban J connectivity index is 2.19. The van der Waals surface area contributed by atoms with Crippen LogP contribution in [0.5, 0.6) is 0 Å². The van der Waals surface area contributed by atoms with E-state index in [0.717, 1.165) is 31.7 Å². The Hall–Kier alpha value is -1.13. The van der Waals surface area contributed by atoms with Gasteiger partial charge in [-0.25, -0.2) is 4.39 Å². The molecule has 0 aliphatic carbocycles. The van der Waals surface area contributed by atoms with Gasteiger partial charge in [-0.05, 0) is 32.4 Å². The molecule has 1 fully saturated rings. The number of nitrogens with zero attached hydrogens (tertiary/aromatic N) is 2. The Morgan fingerprint density at radius 3 is 2.26 bits per heavy atom. The summed E-state index contributed by atoms with van der Waals surface area (Å²) >= 11 is 0. The van der Waals surface area contributed by atoms with E-state index in [2.05, 4.69) is 23.6 Å². The highest BCUT2D eigenvalue weighted by Gasteiger charge is 2.23. The van der Waals surface area contributed by atoms with Gasteiger partial charge < -0.3 is 10.6 Å². The molecule has 0 amide bonds. The highest BCUT2D eigenvalue weighted by atomic mass is 19.1. The first kappa shape index (κ1) is 14.3. The predicted octanol–water partition coefficient (Wildman–Crippen LogP) is 2.38. The summed E-state index contributed by atoms with van der Waals surface area (Å²) < 4.78 is 14.1. The van der Waals surface area contributed by atoms with Crippen molar-refractivity contribution in [1.29, 1.82) is 0 Å². The van der Waals surface area contributed by atoms with Gasteiger partial charge in [0.1, 0.15) is 5.82 Å². The van der Waals surface area contributed by atoms with Crippen LogP contribution in [-0.2, 0) is 0 Å². The standard InChI is InChI=1S/C15H24FN3/c1-11(2)18-7-9-19(10-8-18)15-13(12(3)17)5-4-6-14(15)16/h4-6,11-12H,7-10,17H2,1-3H3/t12-/m0/s1. The third-order valence-corrected chi connectivity index (χ3v) is 3.87. The smallest absolute Gasteiger partial charge is 0.146 e. The first-order chi connectivity index (χ1) is 9.00. The lowest BCUT2D eigenvalue weighted by atomic mass is 10.0. The van der Waals surface area contributed by atoms with Crippen molar-refractivity contribution >= 4 is 5.69 Å². The Labute approximate surface area is 115 Å². The van der Waals surface area contributed by atoms with E-state index >= 15 is 0 Å². The molecule has 1 aliphatic rings. The minimum absolute atomic E-state index is 0.145. The maximum atomic E-state index is 14.1. The molecule has 0 spiro atoms. The molecule has 0 saturated carbocycles. The van der Waals surface area contributed by atoms with Crippen LogP contribution in [0.3, 0.4) is 0 Å². The van der Waals surface area contributed by atoms with Crippen molar-refractivity contribution in [2.45, 2.75) is 32.9 Å². The minimum Gasteiger partial charge on any atom is -0.366 e. The monoisotopic (exact) mass is 265 g/mol. The maximum Gasteiger partial charge on any atom is 0.146 e. The van der Waals surface area contributed by atoms with Crippen LogP contribution in [-0.4, -0.2) is 37.1 Å². The highest BCUT2D eigenvalue weighted by molar-refractivity contribution is 5.56. The van der Waals surface area contributed by atoms with Crippen molar-refractivity contribution in [3.63, 3.8) is 0 Å². The Morgan fingerprint density at radius 2 is 1.74 bits per heavy atom. The number of rotatable bonds is 3. The largest absolute Gasteiger partial charge is 0.366 e. The summed E-state index contributed by atoms with van der Waals surface area (Å²) in [5.41, 5.74) is 7.56. The van der Waals surface area contributed by atoms with E-state index in [1.807, 2.05) is 13.0 Å². The molecule has 0 radical (unpaired) electrons. The van der Waals surface area contributed by atoms with Crippen molar-refractivity contribution in [2.24, 2.45) is 5.73 Å². The summed E-state index contributed by atoms with van der Waals surface area (Å²) in [6.07, 6.45) is 0. The zero-order chi connectivity index (χ0) is 14.0. The van der Waals surface area contributed by atoms with Gasteiger partial charge >= 0.3 is 0 Å². The molecule has 1 atom stereocenters. The fourth-order valence-corrected chi connectivity index (χ4v) is 2.69. The molecular weight excluding hydrogens is 241 g/mol. The number of nitrogens with two attached hydrogens (primary N) is 1.